The van der Waals surface area contributed by atoms with E-state index in [0.29, 0.717) is 13.1 Å². The van der Waals surface area contributed by atoms with E-state index in [1.807, 2.05) is 30.3 Å². The van der Waals surface area contributed by atoms with Gasteiger partial charge in [0.25, 0.3) is 0 Å². The van der Waals surface area contributed by atoms with Crippen molar-refractivity contribution in [1.29, 1.82) is 0 Å². The van der Waals surface area contributed by atoms with Crippen molar-refractivity contribution in [2.24, 2.45) is 0 Å². The molecule has 0 bridgehead atoms. The molecule has 1 unspecified atom stereocenters. The fourth-order valence-corrected chi connectivity index (χ4v) is 2.44. The molecular formula is C14H15N3O2. The van der Waals surface area contributed by atoms with Crippen LogP contribution >= 0.6 is 0 Å². The van der Waals surface area contributed by atoms with Gasteiger partial charge < -0.3 is 15.3 Å². The summed E-state index contributed by atoms with van der Waals surface area (Å²) in [4.78, 5) is 16.7. The number of hydrogen-bond acceptors (Lipinski definition) is 3. The number of rotatable bonds is 2. The van der Waals surface area contributed by atoms with E-state index in [9.17, 15) is 4.79 Å². The Morgan fingerprint density at radius 3 is 3.05 bits per heavy atom. The third kappa shape index (κ3) is 2.45. The molecule has 1 aliphatic heterocycles. The molecule has 1 fully saturated rings. The molecule has 0 radical (unpaired) electrons. The van der Waals surface area contributed by atoms with Crippen molar-refractivity contribution in [3.05, 3.63) is 36.5 Å². The maximum absolute atomic E-state index is 10.9. The van der Waals surface area contributed by atoms with E-state index in [-0.39, 0.29) is 6.04 Å². The van der Waals surface area contributed by atoms with Crippen molar-refractivity contribution < 1.29 is 9.90 Å². The second-order valence-corrected chi connectivity index (χ2v) is 4.78. The van der Waals surface area contributed by atoms with E-state index >= 15 is 0 Å². The Bertz CT molecular complexity index is 614. The first-order valence-electron chi connectivity index (χ1n) is 6.31. The van der Waals surface area contributed by atoms with Crippen LogP contribution in [0.15, 0.2) is 36.5 Å². The summed E-state index contributed by atoms with van der Waals surface area (Å²) in [5.41, 5.74) is 1.91. The quantitative estimate of drug-likeness (QED) is 0.867. The number of hydrogen-bond donors (Lipinski definition) is 2. The number of nitrogens with one attached hydrogen (secondary N) is 1. The molecule has 0 saturated carbocycles. The van der Waals surface area contributed by atoms with Crippen LogP contribution in [0.2, 0.25) is 0 Å². The van der Waals surface area contributed by atoms with Crippen LogP contribution in [-0.2, 0) is 0 Å². The van der Waals surface area contributed by atoms with Gasteiger partial charge in [-0.05, 0) is 18.6 Å². The monoisotopic (exact) mass is 257 g/mol. The zero-order chi connectivity index (χ0) is 13.2. The summed E-state index contributed by atoms with van der Waals surface area (Å²) in [6.45, 7) is 1.12. The lowest BCUT2D eigenvalue weighted by Crippen LogP contribution is -2.30. The second-order valence-electron chi connectivity index (χ2n) is 4.78. The van der Waals surface area contributed by atoms with Crippen molar-refractivity contribution in [1.82, 2.24) is 9.88 Å². The predicted octanol–water partition coefficient (Wildman–Crippen LogP) is 2.40. The van der Waals surface area contributed by atoms with Gasteiger partial charge in [0.05, 0.1) is 17.4 Å². The first-order valence-corrected chi connectivity index (χ1v) is 6.31. The van der Waals surface area contributed by atoms with Gasteiger partial charge in [0.2, 0.25) is 0 Å². The van der Waals surface area contributed by atoms with E-state index < -0.39 is 6.09 Å². The van der Waals surface area contributed by atoms with Gasteiger partial charge in [0.15, 0.2) is 0 Å². The second kappa shape index (κ2) is 4.76. The van der Waals surface area contributed by atoms with Crippen molar-refractivity contribution in [2.75, 3.05) is 18.4 Å². The highest BCUT2D eigenvalue weighted by atomic mass is 16.4. The number of pyridine rings is 1. The first kappa shape index (κ1) is 11.8. The van der Waals surface area contributed by atoms with Gasteiger partial charge in [-0.1, -0.05) is 18.2 Å². The Hall–Kier alpha value is -2.30. The zero-order valence-electron chi connectivity index (χ0n) is 10.4. The van der Waals surface area contributed by atoms with Crippen molar-refractivity contribution in [3.63, 3.8) is 0 Å². The Kier molecular flexibility index (Phi) is 2.95. The summed E-state index contributed by atoms with van der Waals surface area (Å²) in [6, 6.07) is 10.1. The Morgan fingerprint density at radius 1 is 1.42 bits per heavy atom. The van der Waals surface area contributed by atoms with E-state index in [0.717, 1.165) is 23.0 Å². The van der Waals surface area contributed by atoms with Gasteiger partial charge in [0, 0.05) is 24.5 Å². The summed E-state index contributed by atoms with van der Waals surface area (Å²) in [5, 5.41) is 13.4. The topological polar surface area (TPSA) is 65.5 Å². The van der Waals surface area contributed by atoms with Crippen molar-refractivity contribution in [3.8, 4) is 0 Å². The molecule has 98 valence electrons. The van der Waals surface area contributed by atoms with Gasteiger partial charge in [-0.3, -0.25) is 4.98 Å². The lowest BCUT2D eigenvalue weighted by atomic mass is 10.2. The van der Waals surface area contributed by atoms with Crippen molar-refractivity contribution in [2.45, 2.75) is 12.5 Å². The van der Waals surface area contributed by atoms with Crippen LogP contribution in [0.25, 0.3) is 10.9 Å². The molecule has 3 rings (SSSR count). The molecule has 19 heavy (non-hydrogen) atoms. The third-order valence-electron chi connectivity index (χ3n) is 3.42. The molecule has 2 aromatic rings. The lowest BCUT2D eigenvalue weighted by molar-refractivity contribution is 0.155. The zero-order valence-corrected chi connectivity index (χ0v) is 10.4. The predicted molar refractivity (Wildman–Crippen MR) is 73.4 cm³/mol. The smallest absolute Gasteiger partial charge is 0.407 e. The lowest BCUT2D eigenvalue weighted by Gasteiger charge is -2.15. The SMILES string of the molecule is O=C(O)N1CCC(Nc2cnc3ccccc3c2)C1. The number of benzene rings is 1. The van der Waals surface area contributed by atoms with E-state index in [2.05, 4.69) is 10.3 Å². The molecule has 5 nitrogen and oxygen atoms in total. The minimum absolute atomic E-state index is 0.166. The molecule has 1 aromatic heterocycles. The summed E-state index contributed by atoms with van der Waals surface area (Å²) >= 11 is 0. The molecule has 5 heteroatoms. The molecule has 1 aromatic carbocycles. The Balaban J connectivity index is 1.73. The molecule has 0 spiro atoms. The summed E-state index contributed by atoms with van der Waals surface area (Å²) < 4.78 is 0. The van der Waals surface area contributed by atoms with Crippen LogP contribution < -0.4 is 5.32 Å². The van der Waals surface area contributed by atoms with E-state index in [4.69, 9.17) is 5.11 Å². The van der Waals surface area contributed by atoms with Gasteiger partial charge in [-0.2, -0.15) is 0 Å². The molecule has 1 saturated heterocycles. The number of likely N-dealkylation sites (tertiary alicyclic amines) is 1. The number of aromatic nitrogens is 1. The van der Waals surface area contributed by atoms with Crippen LogP contribution in [-0.4, -0.2) is 40.2 Å². The molecule has 1 aliphatic rings. The number of carbonyl (C=O) groups is 1. The van der Waals surface area contributed by atoms with Crippen LogP contribution in [0.3, 0.4) is 0 Å². The third-order valence-corrected chi connectivity index (χ3v) is 3.42. The average molecular weight is 257 g/mol. The highest BCUT2D eigenvalue weighted by molar-refractivity contribution is 5.81. The molecule has 1 amide bonds. The number of anilines is 1. The van der Waals surface area contributed by atoms with Gasteiger partial charge in [-0.25, -0.2) is 4.79 Å². The van der Waals surface area contributed by atoms with Gasteiger partial charge in [-0.15, -0.1) is 0 Å². The highest BCUT2D eigenvalue weighted by Crippen LogP contribution is 2.19. The number of carboxylic acid groups (broad SMARTS) is 1. The molecule has 0 aliphatic carbocycles. The normalized spacial score (nSPS) is 18.7. The number of amides is 1. The largest absolute Gasteiger partial charge is 0.465 e. The highest BCUT2D eigenvalue weighted by Gasteiger charge is 2.25. The number of para-hydroxylation sites is 1. The first-order chi connectivity index (χ1) is 9.22. The van der Waals surface area contributed by atoms with Crippen LogP contribution in [0.1, 0.15) is 6.42 Å². The Labute approximate surface area is 110 Å². The molecular weight excluding hydrogens is 242 g/mol. The molecule has 1 atom stereocenters. The fourth-order valence-electron chi connectivity index (χ4n) is 2.44. The van der Waals surface area contributed by atoms with Gasteiger partial charge in [0.1, 0.15) is 0 Å². The van der Waals surface area contributed by atoms with Crippen LogP contribution in [0, 0.1) is 0 Å². The minimum Gasteiger partial charge on any atom is -0.465 e. The maximum Gasteiger partial charge on any atom is 0.407 e. The van der Waals surface area contributed by atoms with Gasteiger partial charge >= 0.3 is 6.09 Å². The van der Waals surface area contributed by atoms with E-state index in [1.165, 1.54) is 4.90 Å². The molecule has 2 heterocycles. The summed E-state index contributed by atoms with van der Waals surface area (Å²) in [6.07, 6.45) is 1.78. The number of fused-ring (bicyclic) bond motifs is 1. The average Bonchev–Trinajstić information content (AvgIpc) is 2.87. The Morgan fingerprint density at radius 2 is 2.26 bits per heavy atom. The van der Waals surface area contributed by atoms with Crippen molar-refractivity contribution >= 4 is 22.7 Å². The molecule has 2 N–H and O–H groups in total. The van der Waals surface area contributed by atoms with Crippen LogP contribution in [0.5, 0.6) is 0 Å². The van der Waals surface area contributed by atoms with E-state index in [1.54, 1.807) is 6.20 Å². The maximum atomic E-state index is 10.9. The summed E-state index contributed by atoms with van der Waals surface area (Å²) in [7, 11) is 0. The standard InChI is InChI=1S/C14H15N3O2/c18-14(19)17-6-5-11(9-17)16-12-7-10-3-1-2-4-13(10)15-8-12/h1-4,7-8,11,16H,5-6,9H2,(H,18,19). The summed E-state index contributed by atoms with van der Waals surface area (Å²) in [5.74, 6) is 0. The van der Waals surface area contributed by atoms with Crippen LogP contribution in [0.4, 0.5) is 10.5 Å². The fraction of sp³-hybridized carbons (Fsp3) is 0.286. The minimum atomic E-state index is -0.846. The number of nitrogens with zero attached hydrogens (tertiary/aromatic N) is 2.